The molecule has 0 unspecified atom stereocenters. The number of carbonyl (C=O) groups is 9. The third kappa shape index (κ3) is 46.2. The molecule has 0 saturated heterocycles. The van der Waals surface area contributed by atoms with Crippen LogP contribution in [0.15, 0.2) is 0 Å². The zero-order chi connectivity index (χ0) is 75.0. The first-order valence-electron chi connectivity index (χ1n) is 32.8. The molecule has 0 aromatic carbocycles. The van der Waals surface area contributed by atoms with Crippen molar-refractivity contribution in [2.24, 2.45) is 62.9 Å². The second kappa shape index (κ2) is 49.8. The minimum absolute atomic E-state index is 0.000813. The highest BCUT2D eigenvalue weighted by Crippen LogP contribution is 2.21. The Bertz CT molecular complexity index is 2680. The van der Waals surface area contributed by atoms with Crippen LogP contribution in [0.5, 0.6) is 0 Å². The molecule has 99 heavy (non-hydrogen) atoms. The van der Waals surface area contributed by atoms with E-state index in [1.807, 2.05) is 20.8 Å². The van der Waals surface area contributed by atoms with Gasteiger partial charge in [-0.25, -0.2) is 0 Å². The number of hydrogen-bond acceptors (Lipinski definition) is 17. The summed E-state index contributed by atoms with van der Waals surface area (Å²) in [6, 6.07) is -10.1. The maximum atomic E-state index is 14.8. The first kappa shape index (κ1) is 88.4. The minimum Gasteiger partial charge on any atom is -0.370 e. The number of primary amides is 1. The van der Waals surface area contributed by atoms with E-state index in [0.717, 1.165) is 6.42 Å². The summed E-state index contributed by atoms with van der Waals surface area (Å²) in [4.78, 5) is 127. The highest BCUT2D eigenvalue weighted by atomic mass is 16.2. The Morgan fingerprint density at radius 3 is 0.697 bits per heavy atom. The lowest BCUT2D eigenvalue weighted by Gasteiger charge is -2.28. The summed E-state index contributed by atoms with van der Waals surface area (Å²) < 4.78 is 0. The fraction of sp³-hybridized carbons (Fsp3) is 0.702. The molecule has 0 saturated carbocycles. The highest BCUT2D eigenvalue weighted by molar-refractivity contribution is 5.98. The van der Waals surface area contributed by atoms with Gasteiger partial charge in [-0.3, -0.25) is 86.4 Å². The zero-order valence-electron chi connectivity index (χ0n) is 57.3. The van der Waals surface area contributed by atoms with Crippen LogP contribution >= 0.6 is 0 Å². The predicted molar refractivity (Wildman–Crippen MR) is 376 cm³/mol. The number of hydrogen-bond donors (Lipinski definition) is 33. The average molecular weight is 1410 g/mol. The van der Waals surface area contributed by atoms with Crippen molar-refractivity contribution in [2.45, 2.75) is 185 Å². The summed E-state index contributed by atoms with van der Waals surface area (Å²) in [6.07, 6.45) is 1.84. The molecule has 0 radical (unpaired) electrons. The van der Waals surface area contributed by atoms with E-state index in [2.05, 4.69) is 85.1 Å². The molecule has 42 nitrogen and oxygen atoms in total. The van der Waals surface area contributed by atoms with Crippen LogP contribution < -0.4 is 137 Å². The van der Waals surface area contributed by atoms with Gasteiger partial charge in [0.2, 0.25) is 53.2 Å². The van der Waals surface area contributed by atoms with E-state index in [-0.39, 0.29) is 197 Å². The highest BCUT2D eigenvalue weighted by Gasteiger charge is 2.35. The van der Waals surface area contributed by atoms with Gasteiger partial charge < -0.3 is 137 Å². The van der Waals surface area contributed by atoms with Crippen molar-refractivity contribution in [3.05, 3.63) is 0 Å². The molecule has 8 atom stereocenters. The van der Waals surface area contributed by atoms with Crippen LogP contribution in [0.2, 0.25) is 0 Å². The maximum absolute atomic E-state index is 14.8. The lowest BCUT2D eigenvalue weighted by molar-refractivity contribution is -0.136. The van der Waals surface area contributed by atoms with Crippen LogP contribution in [-0.2, 0) is 43.2 Å². The average Bonchev–Trinajstić information content (AvgIpc) is 0.880. The van der Waals surface area contributed by atoms with Crippen LogP contribution in [-0.4, -0.2) is 202 Å². The summed E-state index contributed by atoms with van der Waals surface area (Å²) in [5, 5.41) is 103. The van der Waals surface area contributed by atoms with Crippen LogP contribution in [0.25, 0.3) is 0 Å². The third-order valence-corrected chi connectivity index (χ3v) is 14.6. The van der Waals surface area contributed by atoms with E-state index < -0.39 is 119 Å². The fourth-order valence-corrected chi connectivity index (χ4v) is 9.53. The number of guanidine groups is 8. The molecule has 0 aliphatic carbocycles. The SMILES string of the molecule is CC(C)(C)CCCC(=O)NC[C@H](CCCNC(=N)N)C(=O)N[C@@H](CCCNC(=N)N)C(=O)N[C@@H](CCCNC(=N)N)C(=O)N[C@@H](CCCNC(=N)N)C(=O)N[C@@H](CCCNC(=N)N)C(=O)N[C@@H](CCCNC(=N)N)C(=O)N[C@@H](CCCNC(=N)N)C(=O)N[C@@H](CCCNC(=N)N)C(N)=O. The van der Waals surface area contributed by atoms with Crippen LogP contribution in [0.4, 0.5) is 0 Å². The first-order valence-corrected chi connectivity index (χ1v) is 32.8. The second-order valence-corrected chi connectivity index (χ2v) is 24.6. The molecular formula is C57H115N33O9. The van der Waals surface area contributed by atoms with Crippen molar-refractivity contribution in [1.82, 2.24) is 85.1 Å². The molecule has 0 spiro atoms. The maximum Gasteiger partial charge on any atom is 0.243 e. The Morgan fingerprint density at radius 2 is 0.485 bits per heavy atom. The van der Waals surface area contributed by atoms with Crippen molar-refractivity contribution >= 4 is 101 Å². The summed E-state index contributed by atoms with van der Waals surface area (Å²) in [5.74, 6) is -11.3. The molecule has 562 valence electrons. The standard InChI is InChI=1S/C57H115N33O9/c1-57(2,3)22-4-21-40(91)83-31-32(13-5-23-75-49(59)60)42(93)85-34(15-7-25-77-51(63)64)44(95)87-36(17-9-27-79-53(67)68)46(97)89-38(19-11-29-81-55(71)72)48(99)90-39(20-12-30-82-56(73)74)47(98)88-37(18-10-28-80-54(69)70)45(96)86-35(16-8-26-78-52(65)66)43(94)84-33(41(58)92)14-6-24-76-50(61)62/h32-39H,4-31H2,1-3H3,(H2,58,92)(H,83,91)(H,84,94)(H,85,93)(H,86,96)(H,87,95)(H,88,98)(H,89,97)(H,90,99)(H4,59,60,75)(H4,61,62,76)(H4,63,64,77)(H4,65,66,78)(H4,67,68,79)(H4,69,70,80)(H4,71,72,81)(H4,73,74,82)/t32-,33-,34-,35-,36-,37-,38-,39-/m0/s1. The molecule has 0 aromatic heterocycles. The second-order valence-electron chi connectivity index (χ2n) is 24.6. The molecule has 42 heteroatoms. The van der Waals surface area contributed by atoms with Crippen molar-refractivity contribution in [3.8, 4) is 0 Å². The van der Waals surface area contributed by atoms with Gasteiger partial charge in [-0.2, -0.15) is 0 Å². The monoisotopic (exact) mass is 1410 g/mol. The minimum atomic E-state index is -1.54. The zero-order valence-corrected chi connectivity index (χ0v) is 57.3. The van der Waals surface area contributed by atoms with Gasteiger partial charge in [0, 0.05) is 65.3 Å². The molecule has 0 aliphatic heterocycles. The number of amides is 9. The summed E-state index contributed by atoms with van der Waals surface area (Å²) in [6.45, 7) is 6.59. The lowest BCUT2D eigenvalue weighted by atomic mass is 9.90. The summed E-state index contributed by atoms with van der Waals surface area (Å²) in [5.41, 5.74) is 49.6. The molecule has 0 fully saturated rings. The molecule has 42 N–H and O–H groups in total. The van der Waals surface area contributed by atoms with E-state index in [1.54, 1.807) is 0 Å². The van der Waals surface area contributed by atoms with Gasteiger partial charge in [0.05, 0.1) is 5.92 Å². The van der Waals surface area contributed by atoms with Crippen LogP contribution in [0, 0.1) is 54.6 Å². The van der Waals surface area contributed by atoms with Gasteiger partial charge in [-0.15, -0.1) is 0 Å². The van der Waals surface area contributed by atoms with E-state index in [0.29, 0.717) is 12.8 Å². The molecule has 0 bridgehead atoms. The van der Waals surface area contributed by atoms with Gasteiger partial charge in [-0.1, -0.05) is 20.8 Å². The predicted octanol–water partition coefficient (Wildman–Crippen LogP) is -8.08. The molecule has 0 aromatic rings. The number of nitrogens with two attached hydrogens (primary N) is 9. The summed E-state index contributed by atoms with van der Waals surface area (Å²) in [7, 11) is 0. The normalized spacial score (nSPS) is 13.2. The molecule has 9 amide bonds. The van der Waals surface area contributed by atoms with Crippen LogP contribution in [0.1, 0.15) is 143 Å². The van der Waals surface area contributed by atoms with Gasteiger partial charge >= 0.3 is 0 Å². The Kier molecular flexibility index (Phi) is 44.5. The van der Waals surface area contributed by atoms with Crippen molar-refractivity contribution in [1.29, 1.82) is 43.3 Å². The van der Waals surface area contributed by atoms with Gasteiger partial charge in [-0.05, 0) is 121 Å². The fourth-order valence-electron chi connectivity index (χ4n) is 9.53. The van der Waals surface area contributed by atoms with E-state index in [1.165, 1.54) is 0 Å². The molecule has 0 aliphatic rings. The van der Waals surface area contributed by atoms with E-state index >= 15 is 0 Å². The first-order chi connectivity index (χ1) is 46.5. The Hall–Kier alpha value is -10.6. The quantitative estimate of drug-likeness (QED) is 0.0153. The van der Waals surface area contributed by atoms with Crippen molar-refractivity contribution < 1.29 is 43.2 Å². The van der Waals surface area contributed by atoms with Gasteiger partial charge in [0.15, 0.2) is 47.7 Å². The topological polar surface area (TPSA) is 771 Å². The molecular weight excluding hydrogens is 1290 g/mol. The van der Waals surface area contributed by atoms with E-state index in [9.17, 15) is 43.2 Å². The Labute approximate surface area is 577 Å². The van der Waals surface area contributed by atoms with Crippen molar-refractivity contribution in [2.75, 3.05) is 58.9 Å². The smallest absolute Gasteiger partial charge is 0.243 e. The largest absolute Gasteiger partial charge is 0.370 e. The Balaban J connectivity index is 7.62. The molecule has 0 rings (SSSR count). The third-order valence-electron chi connectivity index (χ3n) is 14.6. The van der Waals surface area contributed by atoms with Gasteiger partial charge in [0.25, 0.3) is 0 Å². The van der Waals surface area contributed by atoms with E-state index in [4.69, 9.17) is 94.9 Å². The number of nitrogens with one attached hydrogen (secondary N) is 24. The molecule has 0 heterocycles. The number of rotatable bonds is 52. The van der Waals surface area contributed by atoms with Gasteiger partial charge in [0.1, 0.15) is 42.3 Å². The van der Waals surface area contributed by atoms with Crippen LogP contribution in [0.3, 0.4) is 0 Å². The summed E-state index contributed by atoms with van der Waals surface area (Å²) >= 11 is 0. The lowest BCUT2D eigenvalue weighted by Crippen LogP contribution is -2.60. The Morgan fingerprint density at radius 1 is 0.283 bits per heavy atom. The number of carbonyl (C=O) groups excluding carboxylic acids is 9. The van der Waals surface area contributed by atoms with Crippen molar-refractivity contribution in [3.63, 3.8) is 0 Å².